The Kier molecular flexibility index (Phi) is 36.4. The summed E-state index contributed by atoms with van der Waals surface area (Å²) in [6.45, 7) is 15.6. The van der Waals surface area contributed by atoms with Crippen LogP contribution in [-0.2, 0) is 19.1 Å². The van der Waals surface area contributed by atoms with Gasteiger partial charge in [-0.1, -0.05) is 163 Å². The quantitative estimate of drug-likeness (QED) is 0.0501. The highest BCUT2D eigenvalue weighted by Gasteiger charge is 2.19. The number of carbonyl (C=O) groups excluding carboxylic acids is 2. The van der Waals surface area contributed by atoms with Gasteiger partial charge in [0.15, 0.2) is 0 Å². The van der Waals surface area contributed by atoms with Crippen LogP contribution in [0.25, 0.3) is 0 Å². The van der Waals surface area contributed by atoms with Gasteiger partial charge in [0.05, 0.1) is 19.8 Å². The van der Waals surface area contributed by atoms with Crippen molar-refractivity contribution in [3.63, 3.8) is 0 Å². The number of hydrogen-bond acceptors (Lipinski definition) is 6. The van der Waals surface area contributed by atoms with Crippen LogP contribution < -0.4 is 0 Å². The molecule has 0 aliphatic carbocycles. The summed E-state index contributed by atoms with van der Waals surface area (Å²) >= 11 is 0. The van der Waals surface area contributed by atoms with E-state index in [1.165, 1.54) is 109 Å². The zero-order valence-electron chi connectivity index (χ0n) is 35.1. The van der Waals surface area contributed by atoms with Crippen LogP contribution in [-0.4, -0.2) is 61.4 Å². The lowest BCUT2D eigenvalue weighted by molar-refractivity contribution is -0.145. The molecule has 0 heterocycles. The van der Waals surface area contributed by atoms with E-state index in [9.17, 15) is 14.7 Å². The molecule has 0 atom stereocenters. The Balaban J connectivity index is 4.08. The van der Waals surface area contributed by atoms with Crippen LogP contribution in [0.15, 0.2) is 0 Å². The molecule has 51 heavy (non-hydrogen) atoms. The lowest BCUT2D eigenvalue weighted by atomic mass is 9.83. The fourth-order valence-corrected chi connectivity index (χ4v) is 7.06. The van der Waals surface area contributed by atoms with E-state index in [-0.39, 0.29) is 24.0 Å². The molecule has 0 unspecified atom stereocenters. The SMILES string of the molecule is CCCCCCCCCOC(=O)CCCCC(C)(C)CCN(CCO)CCCCCCCC(=O)OCC(CCCCCCC)CCCCCCC. The molecule has 0 aromatic carbocycles. The van der Waals surface area contributed by atoms with E-state index in [4.69, 9.17) is 9.47 Å². The number of ether oxygens (including phenoxy) is 2. The van der Waals surface area contributed by atoms with Crippen molar-refractivity contribution in [1.29, 1.82) is 0 Å². The molecule has 0 bridgehead atoms. The number of unbranched alkanes of at least 4 members (excludes halogenated alkanes) is 19. The van der Waals surface area contributed by atoms with Crippen LogP contribution in [0.4, 0.5) is 0 Å². The Morgan fingerprint density at radius 1 is 0.529 bits per heavy atom. The van der Waals surface area contributed by atoms with Gasteiger partial charge >= 0.3 is 11.9 Å². The third-order valence-corrected chi connectivity index (χ3v) is 10.8. The minimum absolute atomic E-state index is 0.00700. The van der Waals surface area contributed by atoms with E-state index in [2.05, 4.69) is 39.5 Å². The van der Waals surface area contributed by atoms with E-state index in [1.54, 1.807) is 0 Å². The van der Waals surface area contributed by atoms with Crippen molar-refractivity contribution in [2.24, 2.45) is 11.3 Å². The monoisotopic (exact) mass is 724 g/mol. The van der Waals surface area contributed by atoms with Gasteiger partial charge in [-0.05, 0) is 75.8 Å². The molecule has 0 aliphatic heterocycles. The maximum absolute atomic E-state index is 12.5. The van der Waals surface area contributed by atoms with Gasteiger partial charge in [0.1, 0.15) is 0 Å². The molecule has 0 amide bonds. The molecule has 0 aromatic heterocycles. The highest BCUT2D eigenvalue weighted by Crippen LogP contribution is 2.28. The molecule has 0 saturated carbocycles. The Morgan fingerprint density at radius 3 is 1.57 bits per heavy atom. The minimum atomic E-state index is -0.0383. The summed E-state index contributed by atoms with van der Waals surface area (Å²) < 4.78 is 11.2. The van der Waals surface area contributed by atoms with Gasteiger partial charge in [0.2, 0.25) is 0 Å². The molecule has 0 aromatic rings. The summed E-state index contributed by atoms with van der Waals surface area (Å²) in [5.74, 6) is 0.487. The van der Waals surface area contributed by atoms with E-state index < -0.39 is 0 Å². The zero-order chi connectivity index (χ0) is 37.7. The van der Waals surface area contributed by atoms with Gasteiger partial charge in [0.25, 0.3) is 0 Å². The van der Waals surface area contributed by atoms with Crippen LogP contribution in [0.3, 0.4) is 0 Å². The molecule has 0 fully saturated rings. The average Bonchev–Trinajstić information content (AvgIpc) is 3.11. The van der Waals surface area contributed by atoms with Crippen LogP contribution in [0.1, 0.15) is 227 Å². The Labute approximate surface area is 318 Å². The van der Waals surface area contributed by atoms with E-state index in [0.29, 0.717) is 32.0 Å². The number of aliphatic hydroxyl groups excluding tert-OH is 1. The fraction of sp³-hybridized carbons (Fsp3) is 0.956. The number of rotatable bonds is 40. The highest BCUT2D eigenvalue weighted by atomic mass is 16.5. The second kappa shape index (κ2) is 37.2. The molecule has 0 rings (SSSR count). The van der Waals surface area contributed by atoms with Crippen molar-refractivity contribution in [3.8, 4) is 0 Å². The van der Waals surface area contributed by atoms with Crippen molar-refractivity contribution >= 4 is 11.9 Å². The summed E-state index contributed by atoms with van der Waals surface area (Å²) in [4.78, 5) is 27.0. The normalized spacial score (nSPS) is 11.9. The first kappa shape index (κ1) is 49.9. The van der Waals surface area contributed by atoms with Crippen molar-refractivity contribution < 1.29 is 24.2 Å². The molecule has 0 aliphatic rings. The summed E-state index contributed by atoms with van der Waals surface area (Å²) in [6, 6.07) is 0. The summed E-state index contributed by atoms with van der Waals surface area (Å²) in [7, 11) is 0. The zero-order valence-corrected chi connectivity index (χ0v) is 35.1. The van der Waals surface area contributed by atoms with Crippen LogP contribution >= 0.6 is 0 Å². The lowest BCUT2D eigenvalue weighted by Gasteiger charge is -2.29. The number of nitrogens with zero attached hydrogens (tertiary/aromatic N) is 1. The minimum Gasteiger partial charge on any atom is -0.466 e. The number of esters is 2. The molecule has 0 spiro atoms. The van der Waals surface area contributed by atoms with Gasteiger partial charge in [-0.2, -0.15) is 0 Å². The molecule has 6 heteroatoms. The molecule has 0 saturated heterocycles. The molecular weight excluding hydrogens is 634 g/mol. The van der Waals surface area contributed by atoms with Crippen LogP contribution in [0, 0.1) is 11.3 Å². The second-order valence-corrected chi connectivity index (χ2v) is 16.5. The van der Waals surface area contributed by atoms with Crippen LogP contribution in [0.5, 0.6) is 0 Å². The first-order valence-electron chi connectivity index (χ1n) is 22.4. The van der Waals surface area contributed by atoms with Gasteiger partial charge in [-0.15, -0.1) is 0 Å². The van der Waals surface area contributed by atoms with Gasteiger partial charge in [-0.25, -0.2) is 0 Å². The van der Waals surface area contributed by atoms with Crippen molar-refractivity contribution in [2.75, 3.05) is 39.5 Å². The van der Waals surface area contributed by atoms with E-state index >= 15 is 0 Å². The molecule has 0 radical (unpaired) electrons. The first-order chi connectivity index (χ1) is 24.8. The van der Waals surface area contributed by atoms with Crippen molar-refractivity contribution in [3.05, 3.63) is 0 Å². The topological polar surface area (TPSA) is 76.1 Å². The standard InChI is InChI=1S/C45H89NO5/c1-6-9-12-15-16-22-29-40-50-43(48)33-26-27-34-45(4,5)35-37-46(38-39-47)36-28-21-17-20-25-32-44(49)51-41-42(30-23-18-13-10-7-2)31-24-19-14-11-8-3/h42,47H,6-41H2,1-5H3. The molecule has 304 valence electrons. The lowest BCUT2D eigenvalue weighted by Crippen LogP contribution is -2.32. The number of carbonyl (C=O) groups is 2. The third kappa shape index (κ3) is 35.6. The Hall–Kier alpha value is -1.14. The smallest absolute Gasteiger partial charge is 0.305 e. The maximum Gasteiger partial charge on any atom is 0.305 e. The van der Waals surface area contributed by atoms with E-state index in [1.807, 2.05) is 0 Å². The first-order valence-corrected chi connectivity index (χ1v) is 22.4. The van der Waals surface area contributed by atoms with Crippen molar-refractivity contribution in [1.82, 2.24) is 4.90 Å². The fourth-order valence-electron chi connectivity index (χ4n) is 7.06. The summed E-state index contributed by atoms with van der Waals surface area (Å²) in [6.07, 6.45) is 34.7. The molecular formula is C45H89NO5. The average molecular weight is 724 g/mol. The predicted molar refractivity (Wildman–Crippen MR) is 218 cm³/mol. The Bertz CT molecular complexity index is 743. The largest absolute Gasteiger partial charge is 0.466 e. The predicted octanol–water partition coefficient (Wildman–Crippen LogP) is 12.8. The number of aliphatic hydroxyl groups is 1. The number of hydrogen-bond donors (Lipinski definition) is 1. The molecule has 6 nitrogen and oxygen atoms in total. The van der Waals surface area contributed by atoms with Crippen LogP contribution in [0.2, 0.25) is 0 Å². The Morgan fingerprint density at radius 2 is 1.00 bits per heavy atom. The van der Waals surface area contributed by atoms with Crippen molar-refractivity contribution in [2.45, 2.75) is 227 Å². The second-order valence-electron chi connectivity index (χ2n) is 16.5. The molecule has 1 N–H and O–H groups in total. The van der Waals surface area contributed by atoms with Gasteiger partial charge in [-0.3, -0.25) is 9.59 Å². The van der Waals surface area contributed by atoms with E-state index in [0.717, 1.165) is 90.3 Å². The van der Waals surface area contributed by atoms with Gasteiger partial charge < -0.3 is 19.5 Å². The van der Waals surface area contributed by atoms with Gasteiger partial charge in [0, 0.05) is 19.4 Å². The maximum atomic E-state index is 12.5. The summed E-state index contributed by atoms with van der Waals surface area (Å²) in [5, 5.41) is 9.65. The third-order valence-electron chi connectivity index (χ3n) is 10.8. The highest BCUT2D eigenvalue weighted by molar-refractivity contribution is 5.69. The summed E-state index contributed by atoms with van der Waals surface area (Å²) in [5.41, 5.74) is 0.216.